The SMILES string of the molecule is O=c1[nH]c(-c2cc(-c3ccon3)n(Cc3ccccc3F)n2)nc(F)c1C(F)(F)F. The second kappa shape index (κ2) is 7.21. The van der Waals surface area contributed by atoms with Crippen molar-refractivity contribution in [1.29, 1.82) is 0 Å². The molecule has 0 aliphatic rings. The van der Waals surface area contributed by atoms with Crippen molar-refractivity contribution in [3.8, 4) is 22.9 Å². The Labute approximate surface area is 163 Å². The highest BCUT2D eigenvalue weighted by atomic mass is 19.4. The number of hydrogen-bond donors (Lipinski definition) is 1. The molecule has 3 heterocycles. The van der Waals surface area contributed by atoms with Crippen molar-refractivity contribution in [3.05, 3.63) is 75.9 Å². The van der Waals surface area contributed by atoms with Gasteiger partial charge in [-0.1, -0.05) is 23.4 Å². The topological polar surface area (TPSA) is 89.6 Å². The molecule has 0 aliphatic heterocycles. The van der Waals surface area contributed by atoms with E-state index in [4.69, 9.17) is 4.52 Å². The minimum Gasteiger partial charge on any atom is -0.364 e. The molecule has 0 radical (unpaired) electrons. The number of alkyl halides is 3. The van der Waals surface area contributed by atoms with Gasteiger partial charge in [-0.15, -0.1) is 0 Å². The first-order valence-electron chi connectivity index (χ1n) is 8.33. The lowest BCUT2D eigenvalue weighted by Gasteiger charge is -2.07. The second-order valence-electron chi connectivity index (χ2n) is 6.13. The van der Waals surface area contributed by atoms with Crippen LogP contribution in [0.1, 0.15) is 11.1 Å². The average Bonchev–Trinajstić information content (AvgIpc) is 3.31. The Balaban J connectivity index is 1.83. The normalized spacial score (nSPS) is 11.8. The van der Waals surface area contributed by atoms with Crippen LogP contribution < -0.4 is 5.56 Å². The molecule has 1 N–H and O–H groups in total. The first-order chi connectivity index (χ1) is 14.2. The molecule has 154 valence electrons. The van der Waals surface area contributed by atoms with Crippen molar-refractivity contribution >= 4 is 0 Å². The predicted molar refractivity (Wildman–Crippen MR) is 92.0 cm³/mol. The summed E-state index contributed by atoms with van der Waals surface area (Å²) in [5.74, 6) is -3.01. The highest BCUT2D eigenvalue weighted by Gasteiger charge is 2.39. The van der Waals surface area contributed by atoms with Crippen molar-refractivity contribution in [3.63, 3.8) is 0 Å². The number of aromatic amines is 1. The maximum atomic E-state index is 14.0. The first-order valence-corrected chi connectivity index (χ1v) is 8.33. The summed E-state index contributed by atoms with van der Waals surface area (Å²) in [6.07, 6.45) is -3.94. The predicted octanol–water partition coefficient (Wildman–Crippen LogP) is 3.63. The zero-order valence-corrected chi connectivity index (χ0v) is 14.7. The van der Waals surface area contributed by atoms with Gasteiger partial charge in [0.05, 0.1) is 12.2 Å². The van der Waals surface area contributed by atoms with Gasteiger partial charge < -0.3 is 9.51 Å². The molecule has 0 aliphatic carbocycles. The molecular weight excluding hydrogens is 413 g/mol. The van der Waals surface area contributed by atoms with Gasteiger partial charge in [0.2, 0.25) is 5.95 Å². The molecule has 0 amide bonds. The van der Waals surface area contributed by atoms with Crippen molar-refractivity contribution in [2.75, 3.05) is 0 Å². The van der Waals surface area contributed by atoms with E-state index in [-0.39, 0.29) is 29.2 Å². The third-order valence-electron chi connectivity index (χ3n) is 4.16. The average molecular weight is 423 g/mol. The van der Waals surface area contributed by atoms with E-state index in [1.54, 1.807) is 6.07 Å². The molecule has 0 bridgehead atoms. The minimum absolute atomic E-state index is 0.0811. The van der Waals surface area contributed by atoms with Crippen LogP contribution >= 0.6 is 0 Å². The van der Waals surface area contributed by atoms with Crippen LogP contribution in [0.25, 0.3) is 22.9 Å². The Hall–Kier alpha value is -3.83. The summed E-state index contributed by atoms with van der Waals surface area (Å²) in [5.41, 5.74) is -3.05. The van der Waals surface area contributed by atoms with Gasteiger partial charge in [-0.2, -0.15) is 27.6 Å². The zero-order valence-electron chi connectivity index (χ0n) is 14.7. The second-order valence-corrected chi connectivity index (χ2v) is 6.13. The van der Waals surface area contributed by atoms with E-state index >= 15 is 0 Å². The number of hydrogen-bond acceptors (Lipinski definition) is 5. The lowest BCUT2D eigenvalue weighted by atomic mass is 10.2. The third kappa shape index (κ3) is 3.58. The molecule has 12 heteroatoms. The molecule has 0 unspecified atom stereocenters. The van der Waals surface area contributed by atoms with Crippen LogP contribution in [-0.2, 0) is 12.7 Å². The van der Waals surface area contributed by atoms with E-state index in [0.29, 0.717) is 0 Å². The number of nitrogens with zero attached hydrogens (tertiary/aromatic N) is 4. The summed E-state index contributed by atoms with van der Waals surface area (Å²) < 4.78 is 72.4. The van der Waals surface area contributed by atoms with Crippen LogP contribution in [0.2, 0.25) is 0 Å². The molecule has 3 aromatic heterocycles. The monoisotopic (exact) mass is 423 g/mol. The molecule has 30 heavy (non-hydrogen) atoms. The van der Waals surface area contributed by atoms with Crippen molar-refractivity contribution in [2.45, 2.75) is 12.7 Å². The van der Waals surface area contributed by atoms with Gasteiger partial charge in [0.15, 0.2) is 11.4 Å². The fourth-order valence-corrected chi connectivity index (χ4v) is 2.80. The quantitative estimate of drug-likeness (QED) is 0.400. The number of rotatable bonds is 4. The van der Waals surface area contributed by atoms with E-state index < -0.39 is 34.9 Å². The summed E-state index contributed by atoms with van der Waals surface area (Å²) in [7, 11) is 0. The van der Waals surface area contributed by atoms with Crippen molar-refractivity contribution in [2.24, 2.45) is 0 Å². The van der Waals surface area contributed by atoms with Crippen molar-refractivity contribution in [1.82, 2.24) is 24.9 Å². The van der Waals surface area contributed by atoms with Crippen LogP contribution in [-0.4, -0.2) is 24.9 Å². The molecule has 4 aromatic rings. The van der Waals surface area contributed by atoms with E-state index in [0.717, 1.165) is 0 Å². The van der Waals surface area contributed by atoms with Gasteiger partial charge in [-0.25, -0.2) is 4.39 Å². The van der Waals surface area contributed by atoms with E-state index in [9.17, 15) is 26.7 Å². The summed E-state index contributed by atoms with van der Waals surface area (Å²) >= 11 is 0. The Morgan fingerprint density at radius 2 is 1.87 bits per heavy atom. The van der Waals surface area contributed by atoms with E-state index in [1.165, 1.54) is 41.3 Å². The van der Waals surface area contributed by atoms with Gasteiger partial charge in [0.25, 0.3) is 5.56 Å². The smallest absolute Gasteiger partial charge is 0.364 e. The lowest BCUT2D eigenvalue weighted by Crippen LogP contribution is -2.25. The molecule has 0 spiro atoms. The number of H-pyrrole nitrogens is 1. The first kappa shape index (κ1) is 19.5. The summed E-state index contributed by atoms with van der Waals surface area (Å²) in [5, 5.41) is 7.89. The van der Waals surface area contributed by atoms with Crippen LogP contribution in [0.3, 0.4) is 0 Å². The van der Waals surface area contributed by atoms with Gasteiger partial charge in [-0.05, 0) is 12.1 Å². The molecule has 1 aromatic carbocycles. The number of benzene rings is 1. The van der Waals surface area contributed by atoms with Crippen LogP contribution in [0.4, 0.5) is 22.0 Å². The molecule has 0 saturated carbocycles. The summed E-state index contributed by atoms with van der Waals surface area (Å²) in [6.45, 7) is -0.0811. The van der Waals surface area contributed by atoms with E-state index in [2.05, 4.69) is 15.2 Å². The van der Waals surface area contributed by atoms with Crippen LogP contribution in [0.5, 0.6) is 0 Å². The summed E-state index contributed by atoms with van der Waals surface area (Å²) in [4.78, 5) is 16.8. The van der Waals surface area contributed by atoms with Crippen LogP contribution in [0.15, 0.2) is 52.0 Å². The molecule has 0 saturated heterocycles. The Morgan fingerprint density at radius 1 is 1.10 bits per heavy atom. The molecule has 7 nitrogen and oxygen atoms in total. The Bertz CT molecular complexity index is 1260. The van der Waals surface area contributed by atoms with Gasteiger partial charge in [0, 0.05) is 11.6 Å². The number of aromatic nitrogens is 5. The van der Waals surface area contributed by atoms with Gasteiger partial charge in [0.1, 0.15) is 23.5 Å². The third-order valence-corrected chi connectivity index (χ3v) is 4.16. The van der Waals surface area contributed by atoms with E-state index in [1.807, 2.05) is 4.98 Å². The zero-order chi connectivity index (χ0) is 21.5. The number of nitrogens with one attached hydrogen (secondary N) is 1. The Kier molecular flexibility index (Phi) is 4.68. The lowest BCUT2D eigenvalue weighted by molar-refractivity contribution is -0.141. The maximum absolute atomic E-state index is 14.0. The van der Waals surface area contributed by atoms with Crippen molar-refractivity contribution < 1.29 is 26.5 Å². The minimum atomic E-state index is -5.21. The standard InChI is InChI=1S/C18H10F5N5O2/c19-10-4-2-1-3-9(10)8-28-13(11-5-6-30-27-11)7-12(26-28)16-24-15(20)14(17(29)25-16)18(21,22)23/h1-7H,8H2,(H,24,25,29). The van der Waals surface area contributed by atoms with Gasteiger partial charge >= 0.3 is 6.18 Å². The van der Waals surface area contributed by atoms with Gasteiger partial charge in [-0.3, -0.25) is 9.48 Å². The molecule has 4 rings (SSSR count). The number of halogens is 5. The molecular formula is C18H10F5N5O2. The Morgan fingerprint density at radius 3 is 2.50 bits per heavy atom. The fourth-order valence-electron chi connectivity index (χ4n) is 2.80. The largest absolute Gasteiger partial charge is 0.426 e. The fraction of sp³-hybridized carbons (Fsp3) is 0.111. The molecule has 0 atom stereocenters. The maximum Gasteiger partial charge on any atom is 0.426 e. The van der Waals surface area contributed by atoms with Crippen LogP contribution in [0, 0.1) is 11.8 Å². The highest BCUT2D eigenvalue weighted by molar-refractivity contribution is 5.62. The molecule has 0 fully saturated rings. The summed E-state index contributed by atoms with van der Waals surface area (Å²) in [6, 6.07) is 8.67. The highest BCUT2D eigenvalue weighted by Crippen LogP contribution is 2.29.